The minimum absolute atomic E-state index is 0.0185. The molecule has 1 amide bonds. The lowest BCUT2D eigenvalue weighted by atomic mass is 10.1. The number of rotatable bonds is 3. The van der Waals surface area contributed by atoms with Crippen LogP contribution in [0.5, 0.6) is 0 Å². The SMILES string of the molecule is CC(NC(=O)c1ccc2cn[nH]c2c1)c1cccs1. The Hall–Kier alpha value is -2.14. The quantitative estimate of drug-likeness (QED) is 0.769. The van der Waals surface area contributed by atoms with E-state index in [0.717, 1.165) is 15.8 Å². The van der Waals surface area contributed by atoms with Crippen molar-refractivity contribution in [2.45, 2.75) is 13.0 Å². The molecule has 3 rings (SSSR count). The molecule has 2 heterocycles. The van der Waals surface area contributed by atoms with Gasteiger partial charge in [0.05, 0.1) is 17.8 Å². The van der Waals surface area contributed by atoms with Gasteiger partial charge in [0.1, 0.15) is 0 Å². The fraction of sp³-hybridized carbons (Fsp3) is 0.143. The van der Waals surface area contributed by atoms with E-state index in [1.54, 1.807) is 17.5 Å². The van der Waals surface area contributed by atoms with Crippen LogP contribution in [0.3, 0.4) is 0 Å². The first-order valence-corrected chi connectivity index (χ1v) is 6.89. The molecule has 19 heavy (non-hydrogen) atoms. The standard InChI is InChI=1S/C14H13N3OS/c1-9(13-3-2-6-19-13)16-14(18)10-4-5-11-8-15-17-12(11)7-10/h2-9H,1H3,(H,15,17)(H,16,18). The molecule has 0 aliphatic heterocycles. The molecule has 0 aliphatic rings. The average molecular weight is 271 g/mol. The number of benzene rings is 1. The Labute approximate surface area is 114 Å². The van der Waals surface area contributed by atoms with Crippen LogP contribution in [0.25, 0.3) is 10.9 Å². The number of aromatic amines is 1. The van der Waals surface area contributed by atoms with E-state index < -0.39 is 0 Å². The van der Waals surface area contributed by atoms with Crippen molar-refractivity contribution in [3.8, 4) is 0 Å². The summed E-state index contributed by atoms with van der Waals surface area (Å²) < 4.78 is 0. The summed E-state index contributed by atoms with van der Waals surface area (Å²) in [5.41, 5.74) is 1.51. The van der Waals surface area contributed by atoms with Crippen LogP contribution < -0.4 is 5.32 Å². The van der Waals surface area contributed by atoms with Crippen molar-refractivity contribution in [2.75, 3.05) is 0 Å². The number of thiophene rings is 1. The summed E-state index contributed by atoms with van der Waals surface area (Å²) in [5, 5.41) is 12.8. The number of carbonyl (C=O) groups excluding carboxylic acids is 1. The first-order chi connectivity index (χ1) is 9.24. The predicted octanol–water partition coefficient (Wildman–Crippen LogP) is 3.12. The van der Waals surface area contributed by atoms with Gasteiger partial charge in [0.15, 0.2) is 0 Å². The summed E-state index contributed by atoms with van der Waals surface area (Å²) >= 11 is 1.64. The van der Waals surface area contributed by atoms with E-state index in [0.29, 0.717) is 5.56 Å². The Morgan fingerprint density at radius 1 is 1.42 bits per heavy atom. The van der Waals surface area contributed by atoms with Crippen molar-refractivity contribution in [1.82, 2.24) is 15.5 Å². The number of H-pyrrole nitrogens is 1. The number of aromatic nitrogens is 2. The number of carbonyl (C=O) groups is 1. The molecule has 1 aromatic carbocycles. The van der Waals surface area contributed by atoms with E-state index in [-0.39, 0.29) is 11.9 Å². The summed E-state index contributed by atoms with van der Waals surface area (Å²) in [7, 11) is 0. The molecule has 3 aromatic rings. The van der Waals surface area contributed by atoms with Crippen LogP contribution >= 0.6 is 11.3 Å². The second-order valence-electron chi connectivity index (χ2n) is 4.38. The molecule has 2 aromatic heterocycles. The lowest BCUT2D eigenvalue weighted by Gasteiger charge is -2.12. The van der Waals surface area contributed by atoms with E-state index in [1.807, 2.05) is 42.6 Å². The molecule has 0 saturated carbocycles. The maximum atomic E-state index is 12.2. The second-order valence-corrected chi connectivity index (χ2v) is 5.36. The van der Waals surface area contributed by atoms with Crippen molar-refractivity contribution < 1.29 is 4.79 Å². The highest BCUT2D eigenvalue weighted by Crippen LogP contribution is 2.19. The monoisotopic (exact) mass is 271 g/mol. The van der Waals surface area contributed by atoms with Gasteiger partial charge in [-0.2, -0.15) is 5.10 Å². The molecule has 96 valence electrons. The fourth-order valence-electron chi connectivity index (χ4n) is 1.97. The molecule has 2 N–H and O–H groups in total. The lowest BCUT2D eigenvalue weighted by Crippen LogP contribution is -2.26. The minimum atomic E-state index is -0.0719. The van der Waals surface area contributed by atoms with E-state index in [4.69, 9.17) is 0 Å². The third kappa shape index (κ3) is 2.37. The third-order valence-electron chi connectivity index (χ3n) is 3.02. The van der Waals surface area contributed by atoms with Crippen LogP contribution in [0.15, 0.2) is 41.9 Å². The normalized spacial score (nSPS) is 12.5. The molecule has 0 aliphatic carbocycles. The van der Waals surface area contributed by atoms with Crippen LogP contribution in [0, 0.1) is 0 Å². The topological polar surface area (TPSA) is 57.8 Å². The maximum Gasteiger partial charge on any atom is 0.251 e. The van der Waals surface area contributed by atoms with Crippen molar-refractivity contribution in [1.29, 1.82) is 0 Å². The van der Waals surface area contributed by atoms with Crippen LogP contribution in [-0.4, -0.2) is 16.1 Å². The van der Waals surface area contributed by atoms with E-state index >= 15 is 0 Å². The van der Waals surface area contributed by atoms with E-state index in [1.165, 1.54) is 0 Å². The molecular formula is C14H13N3OS. The molecule has 0 spiro atoms. The van der Waals surface area contributed by atoms with Gasteiger partial charge in [-0.05, 0) is 30.5 Å². The van der Waals surface area contributed by atoms with Gasteiger partial charge < -0.3 is 5.32 Å². The van der Waals surface area contributed by atoms with Gasteiger partial charge in [-0.3, -0.25) is 9.89 Å². The Bertz CT molecular complexity index is 702. The first-order valence-electron chi connectivity index (χ1n) is 6.01. The smallest absolute Gasteiger partial charge is 0.251 e. The summed E-state index contributed by atoms with van der Waals surface area (Å²) in [6.45, 7) is 1.98. The van der Waals surface area contributed by atoms with Gasteiger partial charge in [-0.15, -0.1) is 11.3 Å². The fourth-order valence-corrected chi connectivity index (χ4v) is 2.70. The Kier molecular flexibility index (Phi) is 3.05. The van der Waals surface area contributed by atoms with Crippen molar-refractivity contribution in [3.05, 3.63) is 52.3 Å². The lowest BCUT2D eigenvalue weighted by molar-refractivity contribution is 0.0940. The van der Waals surface area contributed by atoms with Gasteiger partial charge in [0.25, 0.3) is 5.91 Å². The van der Waals surface area contributed by atoms with Gasteiger partial charge in [-0.25, -0.2) is 0 Å². The molecule has 0 saturated heterocycles. The van der Waals surface area contributed by atoms with Crippen LogP contribution in [-0.2, 0) is 0 Å². The largest absolute Gasteiger partial charge is 0.345 e. The summed E-state index contributed by atoms with van der Waals surface area (Å²) in [5.74, 6) is -0.0719. The van der Waals surface area contributed by atoms with Gasteiger partial charge in [0, 0.05) is 15.8 Å². The van der Waals surface area contributed by atoms with Crippen LogP contribution in [0.4, 0.5) is 0 Å². The average Bonchev–Trinajstić information content (AvgIpc) is 3.09. The Morgan fingerprint density at radius 2 is 2.32 bits per heavy atom. The highest BCUT2D eigenvalue weighted by molar-refractivity contribution is 7.10. The first kappa shape index (κ1) is 11.9. The van der Waals surface area contributed by atoms with Crippen molar-refractivity contribution >= 4 is 28.1 Å². The predicted molar refractivity (Wildman–Crippen MR) is 76.3 cm³/mol. The summed E-state index contributed by atoms with van der Waals surface area (Å²) in [6.07, 6.45) is 1.74. The zero-order valence-corrected chi connectivity index (χ0v) is 11.2. The number of amides is 1. The number of hydrogen-bond acceptors (Lipinski definition) is 3. The molecule has 0 bridgehead atoms. The van der Waals surface area contributed by atoms with E-state index in [2.05, 4.69) is 15.5 Å². The van der Waals surface area contributed by atoms with Crippen molar-refractivity contribution in [3.63, 3.8) is 0 Å². The number of nitrogens with zero attached hydrogens (tertiary/aromatic N) is 1. The molecule has 0 fully saturated rings. The summed E-state index contributed by atoms with van der Waals surface area (Å²) in [4.78, 5) is 13.3. The highest BCUT2D eigenvalue weighted by Gasteiger charge is 2.12. The number of nitrogens with one attached hydrogen (secondary N) is 2. The molecule has 4 nitrogen and oxygen atoms in total. The number of hydrogen-bond donors (Lipinski definition) is 2. The zero-order valence-electron chi connectivity index (χ0n) is 10.4. The molecule has 0 radical (unpaired) electrons. The Balaban J connectivity index is 1.79. The maximum absolute atomic E-state index is 12.2. The molecule has 1 unspecified atom stereocenters. The minimum Gasteiger partial charge on any atom is -0.345 e. The van der Waals surface area contributed by atoms with Crippen molar-refractivity contribution in [2.24, 2.45) is 0 Å². The van der Waals surface area contributed by atoms with Gasteiger partial charge >= 0.3 is 0 Å². The highest BCUT2D eigenvalue weighted by atomic mass is 32.1. The molecule has 5 heteroatoms. The molecular weight excluding hydrogens is 258 g/mol. The van der Waals surface area contributed by atoms with Gasteiger partial charge in [-0.1, -0.05) is 12.1 Å². The second kappa shape index (κ2) is 4.85. The molecule has 1 atom stereocenters. The third-order valence-corrected chi connectivity index (χ3v) is 4.08. The van der Waals surface area contributed by atoms with Crippen LogP contribution in [0.2, 0.25) is 0 Å². The van der Waals surface area contributed by atoms with Crippen LogP contribution in [0.1, 0.15) is 28.2 Å². The summed E-state index contributed by atoms with van der Waals surface area (Å²) in [6, 6.07) is 9.55. The van der Waals surface area contributed by atoms with Gasteiger partial charge in [0.2, 0.25) is 0 Å². The van der Waals surface area contributed by atoms with E-state index in [9.17, 15) is 4.79 Å². The zero-order chi connectivity index (χ0) is 13.2. The Morgan fingerprint density at radius 3 is 3.11 bits per heavy atom. The number of fused-ring (bicyclic) bond motifs is 1.